The molecule has 24 heavy (non-hydrogen) atoms. The first-order chi connectivity index (χ1) is 11.8. The van der Waals surface area contributed by atoms with Gasteiger partial charge in [0.05, 0.1) is 31.8 Å². The maximum Gasteiger partial charge on any atom is 0.230 e. The van der Waals surface area contributed by atoms with Gasteiger partial charge in [-0.25, -0.2) is 0 Å². The van der Waals surface area contributed by atoms with E-state index in [0.717, 1.165) is 36.5 Å². The van der Waals surface area contributed by atoms with Gasteiger partial charge in [0.2, 0.25) is 11.9 Å². The van der Waals surface area contributed by atoms with Gasteiger partial charge >= 0.3 is 0 Å². The van der Waals surface area contributed by atoms with Crippen LogP contribution in [-0.2, 0) is 22.6 Å². The van der Waals surface area contributed by atoms with Crippen molar-refractivity contribution >= 4 is 23.6 Å². The van der Waals surface area contributed by atoms with Gasteiger partial charge in [-0.1, -0.05) is 11.8 Å². The van der Waals surface area contributed by atoms with E-state index in [1.165, 1.54) is 11.8 Å². The third-order valence-electron chi connectivity index (χ3n) is 3.68. The molecule has 0 unspecified atom stereocenters. The fourth-order valence-electron chi connectivity index (χ4n) is 2.44. The molecule has 1 aliphatic heterocycles. The Bertz CT molecular complexity index is 652. The number of morpholine rings is 1. The fourth-order valence-corrected chi connectivity index (χ4v) is 3.27. The van der Waals surface area contributed by atoms with E-state index in [9.17, 15) is 4.79 Å². The molecule has 2 aromatic rings. The summed E-state index contributed by atoms with van der Waals surface area (Å²) < 4.78 is 12.6. The van der Waals surface area contributed by atoms with Crippen molar-refractivity contribution in [3.8, 4) is 0 Å². The van der Waals surface area contributed by atoms with Gasteiger partial charge < -0.3 is 19.4 Å². The van der Waals surface area contributed by atoms with Gasteiger partial charge in [0.1, 0.15) is 5.76 Å². The van der Waals surface area contributed by atoms with Gasteiger partial charge in [0.25, 0.3) is 0 Å². The predicted molar refractivity (Wildman–Crippen MR) is 90.0 cm³/mol. The van der Waals surface area contributed by atoms with Gasteiger partial charge in [-0.15, -0.1) is 10.2 Å². The van der Waals surface area contributed by atoms with Gasteiger partial charge in [0.15, 0.2) is 5.16 Å². The number of hydrogen-bond acceptors (Lipinski definition) is 7. The number of aromatic nitrogens is 3. The first-order valence-electron chi connectivity index (χ1n) is 7.95. The topological polar surface area (TPSA) is 85.4 Å². The van der Waals surface area contributed by atoms with E-state index in [2.05, 4.69) is 20.4 Å². The number of hydrogen-bond donors (Lipinski definition) is 1. The Morgan fingerprint density at radius 1 is 1.38 bits per heavy atom. The zero-order valence-electron chi connectivity index (χ0n) is 13.6. The molecule has 9 heteroatoms. The van der Waals surface area contributed by atoms with Crippen molar-refractivity contribution in [3.63, 3.8) is 0 Å². The molecule has 0 aromatic carbocycles. The highest BCUT2D eigenvalue weighted by Gasteiger charge is 2.20. The molecular weight excluding hydrogens is 330 g/mol. The number of ether oxygens (including phenoxy) is 1. The Kier molecular flexibility index (Phi) is 5.76. The van der Waals surface area contributed by atoms with Crippen LogP contribution in [0.15, 0.2) is 28.0 Å². The maximum atomic E-state index is 12.0. The molecule has 0 aliphatic carbocycles. The lowest BCUT2D eigenvalue weighted by Crippen LogP contribution is -2.38. The number of carbonyl (C=O) groups excluding carboxylic acids is 1. The molecule has 2 aromatic heterocycles. The minimum Gasteiger partial charge on any atom is -0.467 e. The molecule has 3 rings (SSSR count). The number of rotatable bonds is 7. The summed E-state index contributed by atoms with van der Waals surface area (Å²) in [5.41, 5.74) is 0. The molecule has 0 bridgehead atoms. The van der Waals surface area contributed by atoms with E-state index < -0.39 is 0 Å². The van der Waals surface area contributed by atoms with Gasteiger partial charge in [-0.05, 0) is 19.1 Å². The van der Waals surface area contributed by atoms with E-state index >= 15 is 0 Å². The van der Waals surface area contributed by atoms with E-state index in [0.29, 0.717) is 25.5 Å². The summed E-state index contributed by atoms with van der Waals surface area (Å²) in [6, 6.07) is 3.63. The Balaban J connectivity index is 1.54. The first-order valence-corrected chi connectivity index (χ1v) is 8.94. The minimum absolute atomic E-state index is 0.0602. The molecule has 1 N–H and O–H groups in total. The Labute approximate surface area is 144 Å². The van der Waals surface area contributed by atoms with Gasteiger partial charge in [-0.3, -0.25) is 9.36 Å². The molecule has 1 fully saturated rings. The smallest absolute Gasteiger partial charge is 0.230 e. The highest BCUT2D eigenvalue weighted by molar-refractivity contribution is 7.99. The molecule has 3 heterocycles. The molecule has 0 saturated carbocycles. The summed E-state index contributed by atoms with van der Waals surface area (Å²) in [6.07, 6.45) is 1.59. The molecule has 0 atom stereocenters. The number of thioether (sulfide) groups is 1. The monoisotopic (exact) mass is 351 g/mol. The van der Waals surface area contributed by atoms with Crippen LogP contribution in [0.2, 0.25) is 0 Å². The third-order valence-corrected chi connectivity index (χ3v) is 4.65. The standard InChI is InChI=1S/C15H21N5O3S/c1-2-20-14(19-5-8-22-9-6-19)17-18-15(20)24-11-13(21)16-10-12-4-3-7-23-12/h3-4,7H,2,5-6,8-11H2,1H3,(H,16,21). The molecule has 1 aliphatic rings. The number of anilines is 1. The highest BCUT2D eigenvalue weighted by atomic mass is 32.2. The number of carbonyl (C=O) groups is 1. The summed E-state index contributed by atoms with van der Waals surface area (Å²) in [5.74, 6) is 1.82. The van der Waals surface area contributed by atoms with Crippen molar-refractivity contribution in [2.24, 2.45) is 0 Å². The van der Waals surface area contributed by atoms with Crippen molar-refractivity contribution in [2.45, 2.75) is 25.2 Å². The summed E-state index contributed by atoms with van der Waals surface area (Å²) in [7, 11) is 0. The SMILES string of the molecule is CCn1c(SCC(=O)NCc2ccco2)nnc1N1CCOCC1. The van der Waals surface area contributed by atoms with Gasteiger partial charge in [0, 0.05) is 19.6 Å². The zero-order chi connectivity index (χ0) is 16.8. The third kappa shape index (κ3) is 4.09. The summed E-state index contributed by atoms with van der Waals surface area (Å²) >= 11 is 1.39. The quantitative estimate of drug-likeness (QED) is 0.749. The summed E-state index contributed by atoms with van der Waals surface area (Å²) in [5, 5.41) is 12.1. The number of nitrogens with zero attached hydrogens (tertiary/aromatic N) is 4. The number of amides is 1. The predicted octanol–water partition coefficient (Wildman–Crippen LogP) is 1.14. The van der Waals surface area contributed by atoms with E-state index in [1.54, 1.807) is 12.3 Å². The second-order valence-corrected chi connectivity index (χ2v) is 6.21. The molecule has 130 valence electrons. The molecule has 8 nitrogen and oxygen atoms in total. The first kappa shape index (κ1) is 16.8. The van der Waals surface area contributed by atoms with Crippen molar-refractivity contribution in [1.82, 2.24) is 20.1 Å². The van der Waals surface area contributed by atoms with Crippen LogP contribution < -0.4 is 10.2 Å². The summed E-state index contributed by atoms with van der Waals surface area (Å²) in [6.45, 7) is 6.23. The Morgan fingerprint density at radius 3 is 2.92 bits per heavy atom. The normalized spacial score (nSPS) is 14.8. The van der Waals surface area contributed by atoms with Crippen molar-refractivity contribution in [1.29, 1.82) is 0 Å². The lowest BCUT2D eigenvalue weighted by atomic mass is 10.4. The highest BCUT2D eigenvalue weighted by Crippen LogP contribution is 2.22. The van der Waals surface area contributed by atoms with E-state index in [-0.39, 0.29) is 5.91 Å². The molecule has 0 spiro atoms. The average molecular weight is 351 g/mol. The Hall–Kier alpha value is -2.00. The van der Waals surface area contributed by atoms with Crippen molar-refractivity contribution < 1.29 is 13.9 Å². The lowest BCUT2D eigenvalue weighted by molar-refractivity contribution is -0.118. The lowest BCUT2D eigenvalue weighted by Gasteiger charge is -2.27. The second kappa shape index (κ2) is 8.20. The van der Waals surface area contributed by atoms with Crippen molar-refractivity contribution in [3.05, 3.63) is 24.2 Å². The van der Waals surface area contributed by atoms with Crippen molar-refractivity contribution in [2.75, 3.05) is 37.0 Å². The van der Waals surface area contributed by atoms with Crippen LogP contribution in [0, 0.1) is 0 Å². The fraction of sp³-hybridized carbons (Fsp3) is 0.533. The second-order valence-electron chi connectivity index (χ2n) is 5.27. The molecule has 0 radical (unpaired) electrons. The molecule has 1 amide bonds. The average Bonchev–Trinajstić information content (AvgIpc) is 3.28. The van der Waals surface area contributed by atoms with Crippen LogP contribution in [-0.4, -0.2) is 52.7 Å². The van der Waals surface area contributed by atoms with Crippen LogP contribution in [0.4, 0.5) is 5.95 Å². The van der Waals surface area contributed by atoms with E-state index in [4.69, 9.17) is 9.15 Å². The van der Waals surface area contributed by atoms with E-state index in [1.807, 2.05) is 17.6 Å². The van der Waals surface area contributed by atoms with Crippen LogP contribution >= 0.6 is 11.8 Å². The molecule has 1 saturated heterocycles. The number of furan rings is 1. The Morgan fingerprint density at radius 2 is 2.21 bits per heavy atom. The van der Waals surface area contributed by atoms with Crippen LogP contribution in [0.1, 0.15) is 12.7 Å². The van der Waals surface area contributed by atoms with Crippen LogP contribution in [0.5, 0.6) is 0 Å². The number of nitrogens with one attached hydrogen (secondary N) is 1. The zero-order valence-corrected chi connectivity index (χ0v) is 14.4. The minimum atomic E-state index is -0.0602. The molecular formula is C15H21N5O3S. The summed E-state index contributed by atoms with van der Waals surface area (Å²) in [4.78, 5) is 14.1. The largest absolute Gasteiger partial charge is 0.467 e. The maximum absolute atomic E-state index is 12.0. The van der Waals surface area contributed by atoms with Crippen LogP contribution in [0.3, 0.4) is 0 Å². The van der Waals surface area contributed by atoms with Crippen LogP contribution in [0.25, 0.3) is 0 Å². The van der Waals surface area contributed by atoms with Gasteiger partial charge in [-0.2, -0.15) is 0 Å².